The van der Waals surface area contributed by atoms with Crippen LogP contribution in [0.3, 0.4) is 0 Å². The van der Waals surface area contributed by atoms with Crippen molar-refractivity contribution in [2.75, 3.05) is 11.9 Å². The zero-order chi connectivity index (χ0) is 17.9. The first-order valence-corrected chi connectivity index (χ1v) is 9.59. The molecule has 134 valence electrons. The third-order valence-corrected chi connectivity index (χ3v) is 5.09. The molecule has 0 spiro atoms. The molecule has 1 aliphatic rings. The maximum Gasteiger partial charge on any atom is 0.261 e. The van der Waals surface area contributed by atoms with E-state index in [2.05, 4.69) is 15.6 Å². The van der Waals surface area contributed by atoms with Crippen molar-refractivity contribution in [1.82, 2.24) is 10.3 Å². The monoisotopic (exact) mass is 369 g/mol. The van der Waals surface area contributed by atoms with E-state index in [0.717, 1.165) is 29.8 Å². The normalized spacial score (nSPS) is 13.7. The van der Waals surface area contributed by atoms with E-state index in [0.29, 0.717) is 35.9 Å². The number of thiophene rings is 1. The number of nitrogens with zero attached hydrogens (tertiary/aromatic N) is 1. The zero-order valence-electron chi connectivity index (χ0n) is 14.2. The molecular weight excluding hydrogens is 350 g/mol. The lowest BCUT2D eigenvalue weighted by molar-refractivity contribution is -0.116. The van der Waals surface area contributed by atoms with Crippen molar-refractivity contribution in [1.29, 1.82) is 0 Å². The minimum Gasteiger partial charge on any atom is -0.440 e. The number of fused-ring (bicyclic) bond motifs is 1. The van der Waals surface area contributed by atoms with Gasteiger partial charge in [-0.2, -0.15) is 0 Å². The first-order valence-electron chi connectivity index (χ1n) is 8.71. The number of hydrogen-bond acceptors (Lipinski definition) is 5. The van der Waals surface area contributed by atoms with Gasteiger partial charge in [0.2, 0.25) is 5.91 Å². The second-order valence-corrected chi connectivity index (χ2v) is 7.34. The highest BCUT2D eigenvalue weighted by Crippen LogP contribution is 2.40. The summed E-state index contributed by atoms with van der Waals surface area (Å²) in [6.07, 6.45) is 3.20. The van der Waals surface area contributed by atoms with Crippen molar-refractivity contribution in [3.8, 4) is 0 Å². The van der Waals surface area contributed by atoms with Crippen molar-refractivity contribution < 1.29 is 14.0 Å². The van der Waals surface area contributed by atoms with E-state index < -0.39 is 0 Å². The largest absolute Gasteiger partial charge is 0.440 e. The van der Waals surface area contributed by atoms with Crippen LogP contribution in [0.2, 0.25) is 0 Å². The van der Waals surface area contributed by atoms with Gasteiger partial charge in [0.15, 0.2) is 11.5 Å². The molecule has 2 aromatic heterocycles. The van der Waals surface area contributed by atoms with Gasteiger partial charge in [-0.25, -0.2) is 4.98 Å². The van der Waals surface area contributed by atoms with Gasteiger partial charge in [-0.05, 0) is 48.9 Å². The van der Waals surface area contributed by atoms with E-state index >= 15 is 0 Å². The molecule has 0 radical (unpaired) electrons. The molecule has 0 bridgehead atoms. The summed E-state index contributed by atoms with van der Waals surface area (Å²) in [5.41, 5.74) is 2.23. The molecule has 0 unspecified atom stereocenters. The molecule has 1 aromatic carbocycles. The maximum atomic E-state index is 12.1. The van der Waals surface area contributed by atoms with Crippen molar-refractivity contribution in [2.45, 2.75) is 31.6 Å². The lowest BCUT2D eigenvalue weighted by atomic mass is 10.2. The Morgan fingerprint density at radius 1 is 1.27 bits per heavy atom. The summed E-state index contributed by atoms with van der Waals surface area (Å²) >= 11 is 1.40. The van der Waals surface area contributed by atoms with Crippen LogP contribution in [0.1, 0.15) is 47.2 Å². The Labute approximate surface area is 154 Å². The van der Waals surface area contributed by atoms with Gasteiger partial charge >= 0.3 is 0 Å². The molecule has 1 saturated carbocycles. The Hall–Kier alpha value is -2.67. The Balaban J connectivity index is 1.25. The van der Waals surface area contributed by atoms with E-state index in [9.17, 15) is 9.59 Å². The molecule has 2 amide bonds. The number of nitrogens with one attached hydrogen (secondary N) is 2. The van der Waals surface area contributed by atoms with Crippen LogP contribution < -0.4 is 10.6 Å². The summed E-state index contributed by atoms with van der Waals surface area (Å²) < 4.78 is 5.72. The van der Waals surface area contributed by atoms with Gasteiger partial charge in [0.1, 0.15) is 5.52 Å². The van der Waals surface area contributed by atoms with E-state index in [1.165, 1.54) is 11.3 Å². The van der Waals surface area contributed by atoms with E-state index in [1.54, 1.807) is 6.07 Å². The average molecular weight is 369 g/mol. The SMILES string of the molecule is O=C(CCCNC(=O)c1cccs1)Nc1ccc2oc(C3CC3)nc2c1. The summed E-state index contributed by atoms with van der Waals surface area (Å²) in [7, 11) is 0. The molecule has 2 heterocycles. The smallest absolute Gasteiger partial charge is 0.261 e. The standard InChI is InChI=1S/C19H19N3O3S/c23-17(4-1-9-20-18(24)16-3-2-10-26-16)21-13-7-8-15-14(11-13)22-19(25-15)12-5-6-12/h2-3,7-8,10-12H,1,4-6,9H2,(H,20,24)(H,21,23). The molecule has 0 aliphatic heterocycles. The molecule has 4 rings (SSSR count). The molecule has 1 fully saturated rings. The summed E-state index contributed by atoms with van der Waals surface area (Å²) in [4.78, 5) is 29.1. The molecule has 2 N–H and O–H groups in total. The lowest BCUT2D eigenvalue weighted by Gasteiger charge is -2.06. The van der Waals surface area contributed by atoms with Crippen LogP contribution in [0.15, 0.2) is 40.1 Å². The molecule has 6 nitrogen and oxygen atoms in total. The van der Waals surface area contributed by atoms with Gasteiger partial charge in [0, 0.05) is 24.6 Å². The number of benzene rings is 1. The Morgan fingerprint density at radius 2 is 2.15 bits per heavy atom. The Bertz CT molecular complexity index is 929. The van der Waals surface area contributed by atoms with Crippen LogP contribution in [-0.4, -0.2) is 23.3 Å². The predicted octanol–water partition coefficient (Wildman–Crippen LogP) is 3.92. The number of rotatable bonds is 7. The molecule has 0 atom stereocenters. The molecule has 3 aromatic rings. The minimum atomic E-state index is -0.0941. The van der Waals surface area contributed by atoms with E-state index in [-0.39, 0.29) is 11.8 Å². The minimum absolute atomic E-state index is 0.0827. The van der Waals surface area contributed by atoms with Crippen LogP contribution in [0.4, 0.5) is 5.69 Å². The molecule has 0 saturated heterocycles. The lowest BCUT2D eigenvalue weighted by Crippen LogP contribution is -2.24. The summed E-state index contributed by atoms with van der Waals surface area (Å²) in [6, 6.07) is 9.11. The third kappa shape index (κ3) is 3.94. The molecule has 26 heavy (non-hydrogen) atoms. The van der Waals surface area contributed by atoms with Gasteiger partial charge in [0.05, 0.1) is 4.88 Å². The van der Waals surface area contributed by atoms with Gasteiger partial charge in [-0.3, -0.25) is 9.59 Å². The van der Waals surface area contributed by atoms with Crippen molar-refractivity contribution in [3.05, 3.63) is 46.5 Å². The fourth-order valence-corrected chi connectivity index (χ4v) is 3.34. The predicted molar refractivity (Wildman–Crippen MR) is 100 cm³/mol. The number of carbonyl (C=O) groups excluding carboxylic acids is 2. The van der Waals surface area contributed by atoms with Crippen LogP contribution >= 0.6 is 11.3 Å². The number of carbonyl (C=O) groups is 2. The number of aromatic nitrogens is 1. The second kappa shape index (κ2) is 7.29. The number of anilines is 1. The van der Waals surface area contributed by atoms with Crippen molar-refractivity contribution in [3.63, 3.8) is 0 Å². The van der Waals surface area contributed by atoms with Gasteiger partial charge in [0.25, 0.3) is 5.91 Å². The van der Waals surface area contributed by atoms with Crippen LogP contribution in [0.5, 0.6) is 0 Å². The van der Waals surface area contributed by atoms with Gasteiger partial charge in [-0.15, -0.1) is 11.3 Å². The Morgan fingerprint density at radius 3 is 2.92 bits per heavy atom. The summed E-state index contributed by atoms with van der Waals surface area (Å²) in [5, 5.41) is 7.55. The van der Waals surface area contributed by atoms with Crippen LogP contribution in [-0.2, 0) is 4.79 Å². The van der Waals surface area contributed by atoms with Crippen LogP contribution in [0.25, 0.3) is 11.1 Å². The van der Waals surface area contributed by atoms with Crippen molar-refractivity contribution in [2.24, 2.45) is 0 Å². The van der Waals surface area contributed by atoms with Gasteiger partial charge in [-0.1, -0.05) is 6.07 Å². The highest BCUT2D eigenvalue weighted by atomic mass is 32.1. The van der Waals surface area contributed by atoms with Gasteiger partial charge < -0.3 is 15.1 Å². The number of hydrogen-bond donors (Lipinski definition) is 2. The first-order chi connectivity index (χ1) is 12.7. The van der Waals surface area contributed by atoms with Crippen LogP contribution in [0, 0.1) is 0 Å². The quantitative estimate of drug-likeness (QED) is 0.618. The summed E-state index contributed by atoms with van der Waals surface area (Å²) in [5.74, 6) is 1.08. The van der Waals surface area contributed by atoms with E-state index in [4.69, 9.17) is 4.42 Å². The highest BCUT2D eigenvalue weighted by molar-refractivity contribution is 7.12. The third-order valence-electron chi connectivity index (χ3n) is 4.23. The molecule has 1 aliphatic carbocycles. The fraction of sp³-hybridized carbons (Fsp3) is 0.316. The maximum absolute atomic E-state index is 12.1. The summed E-state index contributed by atoms with van der Waals surface area (Å²) in [6.45, 7) is 0.469. The fourth-order valence-electron chi connectivity index (χ4n) is 2.70. The van der Waals surface area contributed by atoms with E-state index in [1.807, 2.05) is 29.6 Å². The highest BCUT2D eigenvalue weighted by Gasteiger charge is 2.28. The zero-order valence-corrected chi connectivity index (χ0v) is 15.0. The number of amides is 2. The first kappa shape index (κ1) is 16.8. The topological polar surface area (TPSA) is 84.2 Å². The average Bonchev–Trinajstić information content (AvgIpc) is 3.17. The molecular formula is C19H19N3O3S. The van der Waals surface area contributed by atoms with Crippen molar-refractivity contribution >= 4 is 39.9 Å². The molecule has 7 heteroatoms. The second-order valence-electron chi connectivity index (χ2n) is 6.39. The number of oxazole rings is 1. The Kier molecular flexibility index (Phi) is 4.71.